The molecule has 0 bridgehead atoms. The fraction of sp³-hybridized carbons (Fsp3) is 0.312. The predicted molar refractivity (Wildman–Crippen MR) is 85.1 cm³/mol. The highest BCUT2D eigenvalue weighted by Gasteiger charge is 2.23. The number of rotatable bonds is 3. The lowest BCUT2D eigenvalue weighted by molar-refractivity contribution is 0.0707. The second-order valence-electron chi connectivity index (χ2n) is 5.85. The Morgan fingerprint density at radius 1 is 1.29 bits per heavy atom. The summed E-state index contributed by atoms with van der Waals surface area (Å²) in [5, 5.41) is 4.09. The molecule has 0 unspecified atom stereocenters. The largest absolute Gasteiger partial charge is 0.331 e. The Kier molecular flexibility index (Phi) is 3.56. The molecule has 8 nitrogen and oxygen atoms in total. The molecule has 1 aliphatic heterocycles. The zero-order valence-electron chi connectivity index (χ0n) is 13.3. The van der Waals surface area contributed by atoms with Gasteiger partial charge in [0.2, 0.25) is 0 Å². The number of imidazole rings is 1. The Balaban J connectivity index is 1.50. The van der Waals surface area contributed by atoms with Gasteiger partial charge in [0.05, 0.1) is 24.3 Å². The molecule has 8 heteroatoms. The molecule has 0 radical (unpaired) electrons. The molecule has 3 aromatic rings. The Bertz CT molecular complexity index is 851. The van der Waals surface area contributed by atoms with Crippen molar-refractivity contribution in [3.8, 4) is 0 Å². The van der Waals surface area contributed by atoms with E-state index in [1.54, 1.807) is 17.2 Å². The van der Waals surface area contributed by atoms with E-state index in [9.17, 15) is 4.79 Å². The van der Waals surface area contributed by atoms with Gasteiger partial charge in [0.15, 0.2) is 0 Å². The number of amides is 1. The van der Waals surface area contributed by atoms with E-state index < -0.39 is 0 Å². The van der Waals surface area contributed by atoms with Crippen LogP contribution in [0.1, 0.15) is 27.6 Å². The average molecular weight is 323 g/mol. The number of hydrogen-bond acceptors (Lipinski definition) is 5. The standard InChI is InChI=1S/C16H17N7O/c1-12-2-3-13(6-18-12)16(24)22-5-4-21-7-14(20-15(21)9-22)8-23-11-17-10-19-23/h2-3,6-7,10-11H,4-5,8-9H2,1H3. The smallest absolute Gasteiger partial charge is 0.255 e. The minimum atomic E-state index is -0.00502. The highest BCUT2D eigenvalue weighted by Crippen LogP contribution is 2.16. The van der Waals surface area contributed by atoms with Gasteiger partial charge in [0.1, 0.15) is 18.5 Å². The Labute approximate surface area is 138 Å². The summed E-state index contributed by atoms with van der Waals surface area (Å²) in [6.45, 7) is 4.39. The van der Waals surface area contributed by atoms with E-state index in [-0.39, 0.29) is 5.91 Å². The summed E-state index contributed by atoms with van der Waals surface area (Å²) >= 11 is 0. The second kappa shape index (κ2) is 5.88. The van der Waals surface area contributed by atoms with Crippen LogP contribution in [-0.2, 0) is 19.6 Å². The highest BCUT2D eigenvalue weighted by atomic mass is 16.2. The predicted octanol–water partition coefficient (Wildman–Crippen LogP) is 0.882. The summed E-state index contributed by atoms with van der Waals surface area (Å²) in [6, 6.07) is 3.68. The van der Waals surface area contributed by atoms with Crippen LogP contribution in [0.5, 0.6) is 0 Å². The van der Waals surface area contributed by atoms with Gasteiger partial charge in [-0.3, -0.25) is 9.78 Å². The number of carbonyl (C=O) groups excluding carboxylic acids is 1. The van der Waals surface area contributed by atoms with Gasteiger partial charge >= 0.3 is 0 Å². The van der Waals surface area contributed by atoms with Crippen molar-refractivity contribution in [2.24, 2.45) is 0 Å². The van der Waals surface area contributed by atoms with Crippen LogP contribution >= 0.6 is 0 Å². The third kappa shape index (κ3) is 2.78. The minimum absolute atomic E-state index is 0.00502. The van der Waals surface area contributed by atoms with Gasteiger partial charge in [-0.2, -0.15) is 5.10 Å². The number of aromatic nitrogens is 6. The molecule has 0 spiro atoms. The van der Waals surface area contributed by atoms with E-state index in [0.717, 1.165) is 23.8 Å². The van der Waals surface area contributed by atoms with Crippen LogP contribution in [0.4, 0.5) is 0 Å². The maximum Gasteiger partial charge on any atom is 0.255 e. The Morgan fingerprint density at radius 2 is 2.21 bits per heavy atom. The van der Waals surface area contributed by atoms with Crippen LogP contribution in [0.25, 0.3) is 0 Å². The van der Waals surface area contributed by atoms with E-state index in [4.69, 9.17) is 0 Å². The van der Waals surface area contributed by atoms with Crippen LogP contribution in [0.2, 0.25) is 0 Å². The van der Waals surface area contributed by atoms with Crippen molar-refractivity contribution in [2.75, 3.05) is 6.54 Å². The molecule has 24 heavy (non-hydrogen) atoms. The number of pyridine rings is 1. The first-order valence-corrected chi connectivity index (χ1v) is 7.78. The van der Waals surface area contributed by atoms with Gasteiger partial charge in [-0.05, 0) is 19.1 Å². The summed E-state index contributed by atoms with van der Waals surface area (Å²) in [6.07, 6.45) is 6.83. The van der Waals surface area contributed by atoms with E-state index in [1.807, 2.05) is 30.2 Å². The minimum Gasteiger partial charge on any atom is -0.331 e. The van der Waals surface area contributed by atoms with Gasteiger partial charge in [-0.25, -0.2) is 14.6 Å². The van der Waals surface area contributed by atoms with Gasteiger partial charge in [-0.15, -0.1) is 0 Å². The van der Waals surface area contributed by atoms with Gasteiger partial charge in [0, 0.05) is 31.2 Å². The zero-order valence-corrected chi connectivity index (χ0v) is 13.3. The topological polar surface area (TPSA) is 81.7 Å². The summed E-state index contributed by atoms with van der Waals surface area (Å²) in [4.78, 5) is 27.2. The van der Waals surface area contributed by atoms with Gasteiger partial charge in [-0.1, -0.05) is 0 Å². The van der Waals surface area contributed by atoms with E-state index in [1.165, 1.54) is 6.33 Å². The number of carbonyl (C=O) groups is 1. The van der Waals surface area contributed by atoms with Crippen LogP contribution in [0.15, 0.2) is 37.2 Å². The van der Waals surface area contributed by atoms with Gasteiger partial charge in [0.25, 0.3) is 5.91 Å². The van der Waals surface area contributed by atoms with Crippen LogP contribution < -0.4 is 0 Å². The summed E-state index contributed by atoms with van der Waals surface area (Å²) in [5.41, 5.74) is 2.43. The van der Waals surface area contributed by atoms with Crippen molar-refractivity contribution in [3.05, 3.63) is 60.0 Å². The molecule has 0 fully saturated rings. The lowest BCUT2D eigenvalue weighted by Crippen LogP contribution is -2.38. The van der Waals surface area contributed by atoms with E-state index in [0.29, 0.717) is 25.2 Å². The number of hydrogen-bond donors (Lipinski definition) is 0. The summed E-state index contributed by atoms with van der Waals surface area (Å²) in [5.74, 6) is 0.888. The first-order chi connectivity index (χ1) is 11.7. The summed E-state index contributed by atoms with van der Waals surface area (Å²) < 4.78 is 3.83. The SMILES string of the molecule is Cc1ccc(C(=O)N2CCn3cc(Cn4cncn4)nc3C2)cn1. The van der Waals surface area contributed by atoms with Crippen molar-refractivity contribution in [1.29, 1.82) is 0 Å². The van der Waals surface area contributed by atoms with Crippen molar-refractivity contribution < 1.29 is 4.79 Å². The molecular formula is C16H17N7O. The third-order valence-corrected chi connectivity index (χ3v) is 4.09. The molecule has 0 saturated heterocycles. The molecule has 0 aromatic carbocycles. The Hall–Kier alpha value is -3.03. The third-order valence-electron chi connectivity index (χ3n) is 4.09. The quantitative estimate of drug-likeness (QED) is 0.715. The lowest BCUT2D eigenvalue weighted by atomic mass is 10.2. The lowest BCUT2D eigenvalue weighted by Gasteiger charge is -2.27. The highest BCUT2D eigenvalue weighted by molar-refractivity contribution is 5.93. The molecule has 4 rings (SSSR count). The maximum absolute atomic E-state index is 12.6. The molecular weight excluding hydrogens is 306 g/mol. The molecule has 0 N–H and O–H groups in total. The normalized spacial score (nSPS) is 13.8. The van der Waals surface area contributed by atoms with Crippen molar-refractivity contribution in [1.82, 2.24) is 34.2 Å². The first-order valence-electron chi connectivity index (χ1n) is 7.78. The monoisotopic (exact) mass is 323 g/mol. The molecule has 0 saturated carbocycles. The molecule has 3 aromatic heterocycles. The van der Waals surface area contributed by atoms with Crippen molar-refractivity contribution in [3.63, 3.8) is 0 Å². The van der Waals surface area contributed by atoms with Crippen molar-refractivity contribution >= 4 is 5.91 Å². The summed E-state index contributed by atoms with van der Waals surface area (Å²) in [7, 11) is 0. The maximum atomic E-state index is 12.6. The Morgan fingerprint density at radius 3 is 2.96 bits per heavy atom. The first kappa shape index (κ1) is 14.6. The molecule has 1 amide bonds. The van der Waals surface area contributed by atoms with Crippen molar-refractivity contribution in [2.45, 2.75) is 26.6 Å². The van der Waals surface area contributed by atoms with Crippen LogP contribution in [0.3, 0.4) is 0 Å². The fourth-order valence-corrected chi connectivity index (χ4v) is 2.82. The molecule has 0 aliphatic carbocycles. The number of nitrogens with zero attached hydrogens (tertiary/aromatic N) is 7. The molecule has 122 valence electrons. The average Bonchev–Trinajstić information content (AvgIpc) is 3.23. The van der Waals surface area contributed by atoms with E-state index >= 15 is 0 Å². The number of fused-ring (bicyclic) bond motifs is 1. The second-order valence-corrected chi connectivity index (χ2v) is 5.85. The van der Waals surface area contributed by atoms with E-state index in [2.05, 4.69) is 24.6 Å². The molecule has 0 atom stereocenters. The molecule has 4 heterocycles. The van der Waals surface area contributed by atoms with Gasteiger partial charge < -0.3 is 9.47 Å². The molecule has 1 aliphatic rings. The fourth-order valence-electron chi connectivity index (χ4n) is 2.82. The number of aryl methyl sites for hydroxylation is 1. The van der Waals surface area contributed by atoms with Crippen LogP contribution in [0, 0.1) is 6.92 Å². The van der Waals surface area contributed by atoms with Crippen LogP contribution in [-0.4, -0.2) is 46.7 Å². The zero-order chi connectivity index (χ0) is 16.5.